The van der Waals surface area contributed by atoms with Crippen LogP contribution in [0.1, 0.15) is 39.2 Å². The molecule has 0 saturated carbocycles. The first kappa shape index (κ1) is 14.7. The van der Waals surface area contributed by atoms with Crippen LogP contribution < -0.4 is 10.2 Å². The Bertz CT molecular complexity index is 419. The summed E-state index contributed by atoms with van der Waals surface area (Å²) in [7, 11) is 0. The molecule has 3 heteroatoms. The summed E-state index contributed by atoms with van der Waals surface area (Å²) < 4.78 is 0. The van der Waals surface area contributed by atoms with Crippen molar-refractivity contribution in [1.29, 1.82) is 0 Å². The van der Waals surface area contributed by atoms with E-state index < -0.39 is 0 Å². The molecule has 0 radical (unpaired) electrons. The van der Waals surface area contributed by atoms with Crippen molar-refractivity contribution in [1.82, 2.24) is 5.32 Å². The summed E-state index contributed by atoms with van der Waals surface area (Å²) in [6, 6.07) is 7.12. The molecule has 1 aromatic carbocycles. The number of hydrogen-bond acceptors (Lipinski definition) is 2. The maximum Gasteiger partial charge on any atom is 0.0471 e. The van der Waals surface area contributed by atoms with Gasteiger partial charge in [-0.1, -0.05) is 31.5 Å². The van der Waals surface area contributed by atoms with Crippen molar-refractivity contribution in [2.24, 2.45) is 5.92 Å². The van der Waals surface area contributed by atoms with Crippen molar-refractivity contribution in [3.05, 3.63) is 28.8 Å². The van der Waals surface area contributed by atoms with Gasteiger partial charge in [-0.05, 0) is 49.9 Å². The van der Waals surface area contributed by atoms with Gasteiger partial charge in [-0.3, -0.25) is 0 Å². The lowest BCUT2D eigenvalue weighted by Crippen LogP contribution is -2.26. The van der Waals surface area contributed by atoms with E-state index in [0.29, 0.717) is 6.04 Å². The highest BCUT2D eigenvalue weighted by atomic mass is 35.5. The normalized spacial score (nSPS) is 23.1. The van der Waals surface area contributed by atoms with E-state index in [1.54, 1.807) is 0 Å². The van der Waals surface area contributed by atoms with Gasteiger partial charge in [-0.15, -0.1) is 0 Å². The molecular formula is C16H25ClN2. The summed E-state index contributed by atoms with van der Waals surface area (Å²) in [5.74, 6) is 0.777. The molecule has 0 amide bonds. The molecule has 1 fully saturated rings. The van der Waals surface area contributed by atoms with Crippen LogP contribution in [0, 0.1) is 5.92 Å². The van der Waals surface area contributed by atoms with Crippen LogP contribution in [0.5, 0.6) is 0 Å². The first-order chi connectivity index (χ1) is 9.11. The second-order valence-corrected chi connectivity index (χ2v) is 6.20. The number of hydrogen-bond donors (Lipinski definition) is 1. The quantitative estimate of drug-likeness (QED) is 0.818. The second kappa shape index (κ2) is 6.62. The molecule has 0 spiro atoms. The molecule has 0 bridgehead atoms. The number of anilines is 1. The average molecular weight is 281 g/mol. The van der Waals surface area contributed by atoms with Crippen LogP contribution in [0.3, 0.4) is 0 Å². The Morgan fingerprint density at radius 1 is 1.37 bits per heavy atom. The molecule has 1 aliphatic heterocycles. The fourth-order valence-corrected chi connectivity index (χ4v) is 3.16. The number of nitrogens with zero attached hydrogens (tertiary/aromatic N) is 1. The van der Waals surface area contributed by atoms with Gasteiger partial charge < -0.3 is 10.2 Å². The molecule has 0 aliphatic carbocycles. The maximum atomic E-state index is 6.40. The predicted octanol–water partition coefficient (Wildman–Crippen LogP) is 4.07. The van der Waals surface area contributed by atoms with Gasteiger partial charge in [0.1, 0.15) is 0 Å². The first-order valence-electron chi connectivity index (χ1n) is 7.37. The monoisotopic (exact) mass is 280 g/mol. The highest BCUT2D eigenvalue weighted by Gasteiger charge is 2.26. The average Bonchev–Trinajstić information content (AvgIpc) is 2.71. The molecule has 1 heterocycles. The van der Waals surface area contributed by atoms with Crippen LogP contribution >= 0.6 is 11.6 Å². The van der Waals surface area contributed by atoms with Gasteiger partial charge in [0.2, 0.25) is 0 Å². The zero-order valence-corrected chi connectivity index (χ0v) is 13.0. The third-order valence-corrected chi connectivity index (χ3v) is 4.25. The zero-order chi connectivity index (χ0) is 13.8. The molecule has 19 heavy (non-hydrogen) atoms. The van der Waals surface area contributed by atoms with Crippen LogP contribution in [0.15, 0.2) is 18.2 Å². The van der Waals surface area contributed by atoms with E-state index in [4.69, 9.17) is 11.6 Å². The highest BCUT2D eigenvalue weighted by Crippen LogP contribution is 2.31. The van der Waals surface area contributed by atoms with Crippen LogP contribution in [0.25, 0.3) is 0 Å². The molecule has 1 N–H and O–H groups in total. The van der Waals surface area contributed by atoms with Gasteiger partial charge in [0.05, 0.1) is 0 Å². The van der Waals surface area contributed by atoms with Crippen LogP contribution in [-0.2, 0) is 6.54 Å². The van der Waals surface area contributed by atoms with Crippen molar-refractivity contribution in [2.45, 2.75) is 46.2 Å². The second-order valence-electron chi connectivity index (χ2n) is 5.79. The largest absolute Gasteiger partial charge is 0.369 e. The third kappa shape index (κ3) is 3.64. The molecule has 1 aromatic rings. The van der Waals surface area contributed by atoms with Gasteiger partial charge in [0.15, 0.2) is 0 Å². The summed E-state index contributed by atoms with van der Waals surface area (Å²) in [5, 5.41) is 4.28. The van der Waals surface area contributed by atoms with Crippen LogP contribution in [0.2, 0.25) is 5.02 Å². The van der Waals surface area contributed by atoms with E-state index in [1.165, 1.54) is 17.7 Å². The molecule has 2 atom stereocenters. The summed E-state index contributed by atoms with van der Waals surface area (Å²) in [5.41, 5.74) is 2.46. The minimum Gasteiger partial charge on any atom is -0.369 e. The third-order valence-electron chi connectivity index (χ3n) is 3.89. The Balaban J connectivity index is 2.06. The fourth-order valence-electron chi connectivity index (χ4n) is 2.92. The Hall–Kier alpha value is -0.730. The molecule has 2 rings (SSSR count). The Labute approximate surface area is 122 Å². The van der Waals surface area contributed by atoms with Gasteiger partial charge in [-0.25, -0.2) is 0 Å². The van der Waals surface area contributed by atoms with Crippen molar-refractivity contribution >= 4 is 17.3 Å². The van der Waals surface area contributed by atoms with Crippen LogP contribution in [0.4, 0.5) is 5.69 Å². The SMILES string of the molecule is CCCNCc1ccc(N2CC(C)CC2C)cc1Cl. The van der Waals surface area contributed by atoms with Crippen molar-refractivity contribution in [2.75, 3.05) is 18.0 Å². The van der Waals surface area contributed by atoms with Gasteiger partial charge >= 0.3 is 0 Å². The number of benzene rings is 1. The molecule has 106 valence electrons. The van der Waals surface area contributed by atoms with Crippen LogP contribution in [-0.4, -0.2) is 19.1 Å². The Morgan fingerprint density at radius 2 is 2.16 bits per heavy atom. The lowest BCUT2D eigenvalue weighted by molar-refractivity contribution is 0.625. The van der Waals surface area contributed by atoms with E-state index in [-0.39, 0.29) is 0 Å². The number of nitrogens with one attached hydrogen (secondary N) is 1. The Morgan fingerprint density at radius 3 is 2.74 bits per heavy atom. The van der Waals surface area contributed by atoms with Crippen molar-refractivity contribution in [3.63, 3.8) is 0 Å². The summed E-state index contributed by atoms with van der Waals surface area (Å²) in [4.78, 5) is 2.47. The fraction of sp³-hybridized carbons (Fsp3) is 0.625. The highest BCUT2D eigenvalue weighted by molar-refractivity contribution is 6.31. The van der Waals surface area contributed by atoms with E-state index >= 15 is 0 Å². The minimum absolute atomic E-state index is 0.620. The predicted molar refractivity (Wildman–Crippen MR) is 84.0 cm³/mol. The molecule has 1 aliphatic rings. The first-order valence-corrected chi connectivity index (χ1v) is 7.75. The van der Waals surface area contributed by atoms with Gasteiger partial charge in [0.25, 0.3) is 0 Å². The molecule has 2 nitrogen and oxygen atoms in total. The lowest BCUT2D eigenvalue weighted by Gasteiger charge is -2.24. The molecule has 0 aromatic heterocycles. The van der Waals surface area contributed by atoms with E-state index in [1.807, 2.05) is 0 Å². The minimum atomic E-state index is 0.620. The van der Waals surface area contributed by atoms with E-state index in [2.05, 4.69) is 49.2 Å². The molecular weight excluding hydrogens is 256 g/mol. The van der Waals surface area contributed by atoms with E-state index in [9.17, 15) is 0 Å². The van der Waals surface area contributed by atoms with Gasteiger partial charge in [0, 0.05) is 29.8 Å². The summed E-state index contributed by atoms with van der Waals surface area (Å²) >= 11 is 6.40. The van der Waals surface area contributed by atoms with Crippen molar-refractivity contribution < 1.29 is 0 Å². The molecule has 1 saturated heterocycles. The van der Waals surface area contributed by atoms with Gasteiger partial charge in [-0.2, -0.15) is 0 Å². The lowest BCUT2D eigenvalue weighted by atomic mass is 10.1. The standard InChI is InChI=1S/C16H25ClN2/c1-4-7-18-10-14-5-6-15(9-16(14)17)19-11-12(2)8-13(19)3/h5-6,9,12-13,18H,4,7-8,10-11H2,1-3H3. The van der Waals surface area contributed by atoms with E-state index in [0.717, 1.165) is 37.0 Å². The summed E-state index contributed by atoms with van der Waals surface area (Å²) in [6.07, 6.45) is 2.43. The summed E-state index contributed by atoms with van der Waals surface area (Å²) in [6.45, 7) is 9.84. The van der Waals surface area contributed by atoms with Crippen molar-refractivity contribution in [3.8, 4) is 0 Å². The number of rotatable bonds is 5. The molecule has 2 unspecified atom stereocenters. The number of halogens is 1. The smallest absolute Gasteiger partial charge is 0.0471 e. The topological polar surface area (TPSA) is 15.3 Å². The Kier molecular flexibility index (Phi) is 5.12. The maximum absolute atomic E-state index is 6.40. The zero-order valence-electron chi connectivity index (χ0n) is 12.2.